The summed E-state index contributed by atoms with van der Waals surface area (Å²) >= 11 is 5.89. The smallest absolute Gasteiger partial charge is 0.414 e. The maximum Gasteiger partial charge on any atom is 0.414 e. The van der Waals surface area contributed by atoms with Crippen molar-refractivity contribution >= 4 is 23.4 Å². The lowest BCUT2D eigenvalue weighted by Crippen LogP contribution is -2.39. The molecule has 1 aromatic heterocycles. The highest BCUT2D eigenvalue weighted by atomic mass is 35.5. The van der Waals surface area contributed by atoms with Gasteiger partial charge in [0.1, 0.15) is 10.8 Å². The van der Waals surface area contributed by atoms with Gasteiger partial charge in [0.15, 0.2) is 0 Å². The van der Waals surface area contributed by atoms with Gasteiger partial charge >= 0.3 is 6.09 Å². The molecule has 18 heavy (non-hydrogen) atoms. The molecule has 5 heteroatoms. The van der Waals surface area contributed by atoms with Crippen LogP contribution in [-0.2, 0) is 11.2 Å². The van der Waals surface area contributed by atoms with Gasteiger partial charge in [-0.05, 0) is 45.2 Å². The Labute approximate surface area is 112 Å². The molecular formula is C13H17ClN2O2. The molecule has 1 amide bonds. The third-order valence-electron chi connectivity index (χ3n) is 2.66. The fourth-order valence-corrected chi connectivity index (χ4v) is 2.10. The summed E-state index contributed by atoms with van der Waals surface area (Å²) in [6.45, 7) is 6.22. The third-order valence-corrected chi connectivity index (χ3v) is 2.87. The molecule has 1 aromatic rings. The predicted octanol–water partition coefficient (Wildman–Crippen LogP) is 3.42. The molecule has 0 radical (unpaired) electrons. The van der Waals surface area contributed by atoms with E-state index in [0.29, 0.717) is 11.7 Å². The fourth-order valence-electron chi connectivity index (χ4n) is 1.95. The molecule has 1 aliphatic heterocycles. The minimum Gasteiger partial charge on any atom is -0.443 e. The van der Waals surface area contributed by atoms with E-state index in [9.17, 15) is 4.79 Å². The van der Waals surface area contributed by atoms with Crippen LogP contribution < -0.4 is 4.90 Å². The lowest BCUT2D eigenvalue weighted by atomic mass is 10.0. The van der Waals surface area contributed by atoms with Crippen LogP contribution >= 0.6 is 11.6 Å². The number of fused-ring (bicyclic) bond motifs is 1. The highest BCUT2D eigenvalue weighted by Gasteiger charge is 2.27. The van der Waals surface area contributed by atoms with E-state index in [0.717, 1.165) is 24.1 Å². The van der Waals surface area contributed by atoms with E-state index in [1.54, 1.807) is 17.2 Å². The molecule has 0 spiro atoms. The number of hydrogen-bond acceptors (Lipinski definition) is 3. The Balaban J connectivity index is 2.27. The second-order valence-electron chi connectivity index (χ2n) is 5.37. The van der Waals surface area contributed by atoms with Gasteiger partial charge in [-0.2, -0.15) is 0 Å². The van der Waals surface area contributed by atoms with Gasteiger partial charge in [-0.15, -0.1) is 0 Å². The van der Waals surface area contributed by atoms with Crippen molar-refractivity contribution in [3.05, 3.63) is 23.0 Å². The van der Waals surface area contributed by atoms with Crippen molar-refractivity contribution in [2.24, 2.45) is 0 Å². The van der Waals surface area contributed by atoms with Crippen molar-refractivity contribution in [2.75, 3.05) is 11.4 Å². The Morgan fingerprint density at radius 1 is 1.50 bits per heavy atom. The molecule has 0 atom stereocenters. The molecule has 0 bridgehead atoms. The summed E-state index contributed by atoms with van der Waals surface area (Å²) in [5.74, 6) is 0. The third kappa shape index (κ3) is 2.93. The van der Waals surface area contributed by atoms with Gasteiger partial charge < -0.3 is 4.74 Å². The molecule has 98 valence electrons. The first-order valence-corrected chi connectivity index (χ1v) is 6.39. The molecule has 2 heterocycles. The molecule has 0 N–H and O–H groups in total. The number of amides is 1. The maximum atomic E-state index is 12.1. The van der Waals surface area contributed by atoms with Crippen LogP contribution in [0, 0.1) is 0 Å². The molecule has 4 nitrogen and oxygen atoms in total. The van der Waals surface area contributed by atoms with Gasteiger partial charge in [0, 0.05) is 12.7 Å². The largest absolute Gasteiger partial charge is 0.443 e. The molecular weight excluding hydrogens is 252 g/mol. The van der Waals surface area contributed by atoms with E-state index in [1.807, 2.05) is 20.8 Å². The molecule has 1 aliphatic rings. The van der Waals surface area contributed by atoms with Gasteiger partial charge in [-0.25, -0.2) is 9.78 Å². The number of pyridine rings is 1. The minimum absolute atomic E-state index is 0.328. The number of aryl methyl sites for hydroxylation is 1. The van der Waals surface area contributed by atoms with Crippen molar-refractivity contribution in [1.82, 2.24) is 4.98 Å². The summed E-state index contributed by atoms with van der Waals surface area (Å²) in [7, 11) is 0. The molecule has 0 saturated heterocycles. The van der Waals surface area contributed by atoms with Crippen LogP contribution in [0.15, 0.2) is 12.3 Å². The van der Waals surface area contributed by atoms with E-state index in [2.05, 4.69) is 4.98 Å². The van der Waals surface area contributed by atoms with Gasteiger partial charge in [-0.3, -0.25) is 4.90 Å². The number of nitrogens with zero attached hydrogens (tertiary/aromatic N) is 2. The van der Waals surface area contributed by atoms with Gasteiger partial charge in [0.05, 0.1) is 5.69 Å². The number of carbonyl (C=O) groups excluding carboxylic acids is 1. The van der Waals surface area contributed by atoms with Crippen molar-refractivity contribution < 1.29 is 9.53 Å². The first-order valence-electron chi connectivity index (χ1n) is 6.02. The summed E-state index contributed by atoms with van der Waals surface area (Å²) in [5, 5.41) is 0.393. The molecule has 0 unspecified atom stereocenters. The van der Waals surface area contributed by atoms with E-state index in [1.165, 1.54) is 0 Å². The minimum atomic E-state index is -0.495. The molecule has 0 saturated carbocycles. The second-order valence-corrected chi connectivity index (χ2v) is 5.76. The second kappa shape index (κ2) is 4.76. The molecule has 0 fully saturated rings. The SMILES string of the molecule is CC(C)(C)OC(=O)N1CCCc2cnc(Cl)cc21. The zero-order valence-electron chi connectivity index (χ0n) is 10.9. The monoisotopic (exact) mass is 268 g/mol. The molecule has 2 rings (SSSR count). The summed E-state index contributed by atoms with van der Waals surface area (Å²) in [6.07, 6.45) is 3.23. The van der Waals surface area contributed by atoms with Gasteiger partial charge in [-0.1, -0.05) is 11.6 Å². The highest BCUT2D eigenvalue weighted by Crippen LogP contribution is 2.29. The maximum absolute atomic E-state index is 12.1. The Hall–Kier alpha value is -1.29. The van der Waals surface area contributed by atoms with Crippen molar-refractivity contribution in [3.63, 3.8) is 0 Å². The first kappa shape index (κ1) is 13.1. The van der Waals surface area contributed by atoms with Crippen LogP contribution in [0.3, 0.4) is 0 Å². The standard InChI is InChI=1S/C13H17ClN2O2/c1-13(2,3)18-12(17)16-6-4-5-9-8-15-11(14)7-10(9)16/h7-8H,4-6H2,1-3H3. The van der Waals surface area contributed by atoms with Gasteiger partial charge in [0.25, 0.3) is 0 Å². The average molecular weight is 269 g/mol. The van der Waals surface area contributed by atoms with Crippen LogP contribution in [0.4, 0.5) is 10.5 Å². The van der Waals surface area contributed by atoms with E-state index in [4.69, 9.17) is 16.3 Å². The zero-order chi connectivity index (χ0) is 13.3. The number of carbonyl (C=O) groups is 1. The summed E-state index contributed by atoms with van der Waals surface area (Å²) in [4.78, 5) is 17.8. The van der Waals surface area contributed by atoms with Crippen molar-refractivity contribution in [2.45, 2.75) is 39.2 Å². The lowest BCUT2D eigenvalue weighted by Gasteiger charge is -2.31. The van der Waals surface area contributed by atoms with Crippen LogP contribution in [0.5, 0.6) is 0 Å². The summed E-state index contributed by atoms with van der Waals surface area (Å²) in [6, 6.07) is 1.72. The first-order chi connectivity index (χ1) is 8.37. The fraction of sp³-hybridized carbons (Fsp3) is 0.538. The van der Waals surface area contributed by atoms with Crippen LogP contribution in [0.25, 0.3) is 0 Å². The van der Waals surface area contributed by atoms with Crippen molar-refractivity contribution in [1.29, 1.82) is 0 Å². The average Bonchev–Trinajstić information content (AvgIpc) is 2.25. The Bertz CT molecular complexity index is 469. The quantitative estimate of drug-likeness (QED) is 0.677. The van der Waals surface area contributed by atoms with Crippen molar-refractivity contribution in [3.8, 4) is 0 Å². The summed E-state index contributed by atoms with van der Waals surface area (Å²) in [5.41, 5.74) is 1.36. The number of ether oxygens (including phenoxy) is 1. The van der Waals surface area contributed by atoms with E-state index >= 15 is 0 Å². The number of halogens is 1. The topological polar surface area (TPSA) is 42.4 Å². The number of rotatable bonds is 0. The van der Waals surface area contributed by atoms with E-state index < -0.39 is 5.60 Å². The number of anilines is 1. The summed E-state index contributed by atoms with van der Waals surface area (Å²) < 4.78 is 5.40. The number of hydrogen-bond donors (Lipinski definition) is 0. The Kier molecular flexibility index (Phi) is 3.48. The van der Waals surface area contributed by atoms with Crippen LogP contribution in [-0.4, -0.2) is 23.2 Å². The van der Waals surface area contributed by atoms with Crippen LogP contribution in [0.2, 0.25) is 5.15 Å². The predicted molar refractivity (Wildman–Crippen MR) is 71.1 cm³/mol. The molecule has 0 aliphatic carbocycles. The Morgan fingerprint density at radius 2 is 2.22 bits per heavy atom. The molecule has 0 aromatic carbocycles. The van der Waals surface area contributed by atoms with Gasteiger partial charge in [0.2, 0.25) is 0 Å². The zero-order valence-corrected chi connectivity index (χ0v) is 11.6. The Morgan fingerprint density at radius 3 is 2.89 bits per heavy atom. The van der Waals surface area contributed by atoms with Crippen LogP contribution in [0.1, 0.15) is 32.8 Å². The van der Waals surface area contributed by atoms with E-state index in [-0.39, 0.29) is 6.09 Å². The normalized spacial score (nSPS) is 15.2. The highest BCUT2D eigenvalue weighted by molar-refractivity contribution is 6.29. The number of aromatic nitrogens is 1. The lowest BCUT2D eigenvalue weighted by molar-refractivity contribution is 0.0578.